The van der Waals surface area contributed by atoms with Crippen LogP contribution in [0.1, 0.15) is 13.3 Å². The summed E-state index contributed by atoms with van der Waals surface area (Å²) in [6.07, 6.45) is 2.38. The van der Waals surface area contributed by atoms with Gasteiger partial charge in [-0.25, -0.2) is 0 Å². The van der Waals surface area contributed by atoms with Gasteiger partial charge in [0.1, 0.15) is 15.3 Å². The summed E-state index contributed by atoms with van der Waals surface area (Å²) in [4.78, 5) is 11.6. The number of furan rings is 1. The highest BCUT2D eigenvalue weighted by Gasteiger charge is 2.15. The van der Waals surface area contributed by atoms with Crippen molar-refractivity contribution in [2.24, 2.45) is 0 Å². The Hall–Kier alpha value is -1.04. The van der Waals surface area contributed by atoms with Crippen LogP contribution in [0.2, 0.25) is 0 Å². The minimum Gasteiger partial charge on any atom is -0.464 e. The summed E-state index contributed by atoms with van der Waals surface area (Å²) in [5, 5.41) is 1.00. The third-order valence-electron chi connectivity index (χ3n) is 2.26. The molecule has 0 spiro atoms. The minimum absolute atomic E-state index is 0.107. The lowest BCUT2D eigenvalue weighted by atomic mass is 10.2. The van der Waals surface area contributed by atoms with Gasteiger partial charge in [-0.3, -0.25) is 4.79 Å². The van der Waals surface area contributed by atoms with Gasteiger partial charge in [-0.05, 0) is 24.6 Å². The Balaban J connectivity index is 2.17. The second kappa shape index (κ2) is 4.86. The highest BCUT2D eigenvalue weighted by Crippen LogP contribution is 2.22. The van der Waals surface area contributed by atoms with E-state index >= 15 is 0 Å². The van der Waals surface area contributed by atoms with Gasteiger partial charge in [-0.1, -0.05) is 29.5 Å². The molecule has 0 aliphatic carbocycles. The molecule has 16 heavy (non-hydrogen) atoms. The number of hydrogen-bond acceptors (Lipinski definition) is 3. The SMILES string of the molecule is CCC(I)C(=O)Oc1ccc2ccoc2c1. The Morgan fingerprint density at radius 1 is 1.50 bits per heavy atom. The molecular weight excluding hydrogens is 319 g/mol. The van der Waals surface area contributed by atoms with E-state index in [1.165, 1.54) is 0 Å². The first-order valence-corrected chi connectivity index (χ1v) is 6.28. The molecule has 1 atom stereocenters. The smallest absolute Gasteiger partial charge is 0.324 e. The van der Waals surface area contributed by atoms with Crippen LogP contribution in [0, 0.1) is 0 Å². The second-order valence-electron chi connectivity index (χ2n) is 3.42. The molecule has 84 valence electrons. The van der Waals surface area contributed by atoms with E-state index in [2.05, 4.69) is 22.6 Å². The first-order valence-electron chi connectivity index (χ1n) is 5.03. The van der Waals surface area contributed by atoms with Crippen LogP contribution in [0.25, 0.3) is 11.0 Å². The number of ether oxygens (including phenoxy) is 1. The fraction of sp³-hybridized carbons (Fsp3) is 0.250. The summed E-state index contributed by atoms with van der Waals surface area (Å²) < 4.78 is 10.4. The molecule has 3 nitrogen and oxygen atoms in total. The van der Waals surface area contributed by atoms with Crippen LogP contribution in [0.5, 0.6) is 5.75 Å². The number of hydrogen-bond donors (Lipinski definition) is 0. The summed E-state index contributed by atoms with van der Waals surface area (Å²) >= 11 is 2.08. The number of esters is 1. The summed E-state index contributed by atoms with van der Waals surface area (Å²) in [6, 6.07) is 7.24. The predicted molar refractivity (Wildman–Crippen MR) is 69.9 cm³/mol. The predicted octanol–water partition coefficient (Wildman–Crippen LogP) is 3.55. The fourth-order valence-electron chi connectivity index (χ4n) is 1.35. The normalized spacial score (nSPS) is 12.6. The van der Waals surface area contributed by atoms with Gasteiger partial charge in [0.05, 0.1) is 6.26 Å². The quantitative estimate of drug-likeness (QED) is 0.374. The maximum atomic E-state index is 11.6. The van der Waals surface area contributed by atoms with E-state index in [4.69, 9.17) is 9.15 Å². The van der Waals surface area contributed by atoms with Crippen molar-refractivity contribution in [2.75, 3.05) is 0 Å². The van der Waals surface area contributed by atoms with Crippen LogP contribution in [-0.4, -0.2) is 9.89 Å². The zero-order chi connectivity index (χ0) is 11.5. The molecule has 0 saturated heterocycles. The molecule has 0 saturated carbocycles. The zero-order valence-electron chi connectivity index (χ0n) is 8.77. The monoisotopic (exact) mass is 330 g/mol. The number of carbonyl (C=O) groups excluding carboxylic acids is 1. The molecule has 2 aromatic rings. The number of halogens is 1. The Kier molecular flexibility index (Phi) is 3.48. The minimum atomic E-state index is -0.214. The molecule has 1 unspecified atom stereocenters. The molecule has 0 radical (unpaired) electrons. The topological polar surface area (TPSA) is 39.4 Å². The maximum absolute atomic E-state index is 11.6. The van der Waals surface area contributed by atoms with Gasteiger partial charge < -0.3 is 9.15 Å². The third-order valence-corrected chi connectivity index (χ3v) is 3.65. The van der Waals surface area contributed by atoms with E-state index < -0.39 is 0 Å². The number of fused-ring (bicyclic) bond motifs is 1. The van der Waals surface area contributed by atoms with Crippen molar-refractivity contribution in [3.63, 3.8) is 0 Å². The molecular formula is C12H11IO3. The summed E-state index contributed by atoms with van der Waals surface area (Å²) in [5.41, 5.74) is 0.729. The van der Waals surface area contributed by atoms with Gasteiger partial charge >= 0.3 is 5.97 Å². The van der Waals surface area contributed by atoms with E-state index in [-0.39, 0.29) is 9.89 Å². The van der Waals surface area contributed by atoms with Crippen LogP contribution in [-0.2, 0) is 4.79 Å². The van der Waals surface area contributed by atoms with Crippen molar-refractivity contribution in [3.05, 3.63) is 30.5 Å². The van der Waals surface area contributed by atoms with Crippen LogP contribution >= 0.6 is 22.6 Å². The van der Waals surface area contributed by atoms with Crippen molar-refractivity contribution < 1.29 is 13.9 Å². The van der Waals surface area contributed by atoms with Gasteiger partial charge in [-0.2, -0.15) is 0 Å². The van der Waals surface area contributed by atoms with Crippen molar-refractivity contribution in [1.82, 2.24) is 0 Å². The first kappa shape index (κ1) is 11.4. The number of carbonyl (C=O) groups is 1. The molecule has 1 heterocycles. The average molecular weight is 330 g/mol. The van der Waals surface area contributed by atoms with Crippen molar-refractivity contribution in [2.45, 2.75) is 17.3 Å². The molecule has 0 amide bonds. The lowest BCUT2D eigenvalue weighted by Gasteiger charge is -2.07. The lowest BCUT2D eigenvalue weighted by Crippen LogP contribution is -2.19. The average Bonchev–Trinajstić information content (AvgIpc) is 2.75. The second-order valence-corrected chi connectivity index (χ2v) is 4.92. The Morgan fingerprint density at radius 3 is 3.06 bits per heavy atom. The molecule has 0 N–H and O–H groups in total. The number of benzene rings is 1. The standard InChI is InChI=1S/C12H11IO3/c1-2-10(13)12(14)16-9-4-3-8-5-6-15-11(8)7-9/h3-7,10H,2H2,1H3. The molecule has 2 rings (SSSR count). The van der Waals surface area contributed by atoms with E-state index in [1.807, 2.05) is 19.1 Å². The Morgan fingerprint density at radius 2 is 2.31 bits per heavy atom. The third kappa shape index (κ3) is 2.37. The van der Waals surface area contributed by atoms with Crippen molar-refractivity contribution in [1.29, 1.82) is 0 Å². The molecule has 1 aromatic heterocycles. The van der Waals surface area contributed by atoms with E-state index in [9.17, 15) is 4.79 Å². The number of rotatable bonds is 3. The first-order chi connectivity index (χ1) is 7.70. The molecule has 0 bridgehead atoms. The highest BCUT2D eigenvalue weighted by molar-refractivity contribution is 14.1. The van der Waals surface area contributed by atoms with Crippen LogP contribution in [0.4, 0.5) is 0 Å². The van der Waals surface area contributed by atoms with Crippen LogP contribution < -0.4 is 4.74 Å². The molecule has 0 aliphatic rings. The van der Waals surface area contributed by atoms with Crippen molar-refractivity contribution >= 4 is 39.5 Å². The Labute approximate surface area is 107 Å². The molecule has 0 aliphatic heterocycles. The van der Waals surface area contributed by atoms with E-state index in [1.54, 1.807) is 18.4 Å². The van der Waals surface area contributed by atoms with Crippen LogP contribution in [0.15, 0.2) is 34.9 Å². The van der Waals surface area contributed by atoms with Gasteiger partial charge in [0.2, 0.25) is 0 Å². The van der Waals surface area contributed by atoms with Gasteiger partial charge in [-0.15, -0.1) is 0 Å². The summed E-state index contributed by atoms with van der Waals surface area (Å²) in [7, 11) is 0. The maximum Gasteiger partial charge on any atom is 0.324 e. The van der Waals surface area contributed by atoms with Crippen molar-refractivity contribution in [3.8, 4) is 5.75 Å². The highest BCUT2D eigenvalue weighted by atomic mass is 127. The van der Waals surface area contributed by atoms with Crippen LogP contribution in [0.3, 0.4) is 0 Å². The molecule has 1 aromatic carbocycles. The van der Waals surface area contributed by atoms with Gasteiger partial charge in [0.15, 0.2) is 0 Å². The summed E-state index contributed by atoms with van der Waals surface area (Å²) in [6.45, 7) is 1.95. The summed E-state index contributed by atoms with van der Waals surface area (Å²) in [5.74, 6) is 0.316. The zero-order valence-corrected chi connectivity index (χ0v) is 10.9. The fourth-order valence-corrected chi connectivity index (χ4v) is 1.47. The van der Waals surface area contributed by atoms with E-state index in [0.717, 1.165) is 17.4 Å². The van der Waals surface area contributed by atoms with Gasteiger partial charge in [0.25, 0.3) is 0 Å². The lowest BCUT2D eigenvalue weighted by molar-refractivity contribution is -0.133. The van der Waals surface area contributed by atoms with Gasteiger partial charge in [0, 0.05) is 11.5 Å². The number of alkyl halides is 1. The molecule has 0 fully saturated rings. The Bertz CT molecular complexity index is 504. The van der Waals surface area contributed by atoms with E-state index in [0.29, 0.717) is 5.75 Å². The largest absolute Gasteiger partial charge is 0.464 e. The molecule has 4 heteroatoms.